The average Bonchev–Trinajstić information content (AvgIpc) is 3.13. The van der Waals surface area contributed by atoms with Gasteiger partial charge in [0.05, 0.1) is 23.7 Å². The predicted octanol–water partition coefficient (Wildman–Crippen LogP) is 3.79. The Morgan fingerprint density at radius 1 is 1.09 bits per heavy atom. The molecular weight excluding hydrogens is 304 g/mol. The van der Waals surface area contributed by atoms with Crippen molar-refractivity contribution in [2.75, 3.05) is 13.2 Å². The lowest BCUT2D eigenvalue weighted by Gasteiger charge is -2.25. The lowest BCUT2D eigenvalue weighted by molar-refractivity contribution is -0.143. The maximum absolute atomic E-state index is 11.9. The molecule has 22 heavy (non-hydrogen) atoms. The van der Waals surface area contributed by atoms with Crippen LogP contribution in [0.3, 0.4) is 0 Å². The largest absolute Gasteiger partial charge is 0.489 e. The Hall–Kier alpha value is -1.42. The number of halogens is 1. The molecule has 1 aromatic carbocycles. The normalized spacial score (nSPS) is 24.0. The first-order valence-corrected chi connectivity index (χ1v) is 8.26. The van der Waals surface area contributed by atoms with Crippen LogP contribution in [-0.2, 0) is 10.2 Å². The van der Waals surface area contributed by atoms with Crippen molar-refractivity contribution < 1.29 is 19.4 Å². The molecule has 2 saturated carbocycles. The molecule has 1 aliphatic heterocycles. The summed E-state index contributed by atoms with van der Waals surface area (Å²) in [5, 5.41) is 10.2. The lowest BCUT2D eigenvalue weighted by Crippen LogP contribution is -2.32. The van der Waals surface area contributed by atoms with Crippen molar-refractivity contribution in [2.45, 2.75) is 43.9 Å². The molecule has 4 rings (SSSR count). The third-order valence-electron chi connectivity index (χ3n) is 5.44. The standard InChI is InChI=1S/C17H19ClO4/c18-12-7-11(17(15(19)20)3-1-2-4-17)8-13-14(12)22-10-16(5-6-16)9-21-13/h7-8H,1-6,9-10H2,(H,19,20). The van der Waals surface area contributed by atoms with Crippen molar-refractivity contribution >= 4 is 17.6 Å². The van der Waals surface area contributed by atoms with E-state index in [2.05, 4.69) is 0 Å². The molecule has 0 radical (unpaired) electrons. The van der Waals surface area contributed by atoms with Crippen molar-refractivity contribution in [3.8, 4) is 11.5 Å². The SMILES string of the molecule is O=C(O)C1(c2cc(Cl)c3c(c2)OCC2(CC2)CO3)CCCC1. The van der Waals surface area contributed by atoms with Gasteiger partial charge in [-0.05, 0) is 43.4 Å². The van der Waals surface area contributed by atoms with E-state index in [1.165, 1.54) is 0 Å². The maximum atomic E-state index is 11.9. The highest BCUT2D eigenvalue weighted by Gasteiger charge is 2.47. The van der Waals surface area contributed by atoms with Gasteiger partial charge in [-0.2, -0.15) is 0 Å². The van der Waals surface area contributed by atoms with Gasteiger partial charge >= 0.3 is 5.97 Å². The number of carbonyl (C=O) groups is 1. The molecule has 4 nitrogen and oxygen atoms in total. The second kappa shape index (κ2) is 4.79. The Labute approximate surface area is 134 Å². The van der Waals surface area contributed by atoms with Gasteiger partial charge in [-0.25, -0.2) is 0 Å². The third kappa shape index (κ3) is 2.08. The molecular formula is C17H19ClO4. The van der Waals surface area contributed by atoms with Crippen LogP contribution in [-0.4, -0.2) is 24.3 Å². The summed E-state index contributed by atoms with van der Waals surface area (Å²) < 4.78 is 11.8. The molecule has 5 heteroatoms. The number of benzene rings is 1. The van der Waals surface area contributed by atoms with Crippen LogP contribution in [0.2, 0.25) is 5.02 Å². The highest BCUT2D eigenvalue weighted by Crippen LogP contribution is 2.52. The van der Waals surface area contributed by atoms with E-state index in [-0.39, 0.29) is 5.41 Å². The van der Waals surface area contributed by atoms with E-state index in [4.69, 9.17) is 21.1 Å². The van der Waals surface area contributed by atoms with Gasteiger partial charge in [0.2, 0.25) is 0 Å². The Kier molecular flexibility index (Phi) is 3.09. The van der Waals surface area contributed by atoms with Gasteiger partial charge in [0.25, 0.3) is 0 Å². The number of ether oxygens (including phenoxy) is 2. The minimum Gasteiger partial charge on any atom is -0.489 e. The fraction of sp³-hybridized carbons (Fsp3) is 0.588. The molecule has 0 aromatic heterocycles. The summed E-state index contributed by atoms with van der Waals surface area (Å²) in [7, 11) is 0. The van der Waals surface area contributed by atoms with E-state index in [0.717, 1.165) is 31.2 Å². The third-order valence-corrected chi connectivity index (χ3v) is 5.72. The summed E-state index contributed by atoms with van der Waals surface area (Å²) in [5.41, 5.74) is 0.0583. The Balaban J connectivity index is 1.75. The van der Waals surface area contributed by atoms with E-state index >= 15 is 0 Å². The second-order valence-corrected chi connectivity index (χ2v) is 7.36. The first-order chi connectivity index (χ1) is 10.5. The fourth-order valence-electron chi connectivity index (χ4n) is 3.66. The number of fused-ring (bicyclic) bond motifs is 1. The lowest BCUT2D eigenvalue weighted by atomic mass is 9.79. The van der Waals surface area contributed by atoms with E-state index in [1.54, 1.807) is 6.07 Å². The summed E-state index contributed by atoms with van der Waals surface area (Å²) in [6.07, 6.45) is 5.41. The van der Waals surface area contributed by atoms with Gasteiger partial charge in [0, 0.05) is 5.41 Å². The molecule has 0 bridgehead atoms. The van der Waals surface area contributed by atoms with Crippen molar-refractivity contribution in [3.05, 3.63) is 22.7 Å². The van der Waals surface area contributed by atoms with E-state index in [1.807, 2.05) is 6.07 Å². The van der Waals surface area contributed by atoms with Gasteiger partial charge in [0.15, 0.2) is 11.5 Å². The van der Waals surface area contributed by atoms with Crippen LogP contribution in [0.4, 0.5) is 0 Å². The molecule has 0 saturated heterocycles. The average molecular weight is 323 g/mol. The number of carboxylic acids is 1. The van der Waals surface area contributed by atoms with Crippen LogP contribution >= 0.6 is 11.6 Å². The zero-order valence-electron chi connectivity index (χ0n) is 12.4. The van der Waals surface area contributed by atoms with E-state index in [0.29, 0.717) is 42.6 Å². The first-order valence-electron chi connectivity index (χ1n) is 7.88. The van der Waals surface area contributed by atoms with Crippen LogP contribution < -0.4 is 9.47 Å². The molecule has 2 aliphatic carbocycles. The molecule has 1 spiro atoms. The molecule has 0 atom stereocenters. The molecule has 0 amide bonds. The first kappa shape index (κ1) is 14.2. The smallest absolute Gasteiger partial charge is 0.314 e. The van der Waals surface area contributed by atoms with E-state index < -0.39 is 11.4 Å². The van der Waals surface area contributed by atoms with Crippen molar-refractivity contribution in [1.29, 1.82) is 0 Å². The highest BCUT2D eigenvalue weighted by atomic mass is 35.5. The Morgan fingerprint density at radius 3 is 2.41 bits per heavy atom. The molecule has 3 aliphatic rings. The molecule has 2 fully saturated rings. The molecule has 118 valence electrons. The zero-order valence-corrected chi connectivity index (χ0v) is 13.1. The minimum atomic E-state index is -0.828. The maximum Gasteiger partial charge on any atom is 0.314 e. The number of aliphatic carboxylic acids is 1. The van der Waals surface area contributed by atoms with Gasteiger partial charge in [-0.3, -0.25) is 4.79 Å². The van der Waals surface area contributed by atoms with Crippen LogP contribution in [0.15, 0.2) is 12.1 Å². The molecule has 1 N–H and O–H groups in total. The summed E-state index contributed by atoms with van der Waals surface area (Å²) in [5.74, 6) is 0.390. The summed E-state index contributed by atoms with van der Waals surface area (Å²) in [6.45, 7) is 1.25. The number of hydrogen-bond acceptors (Lipinski definition) is 3. The Morgan fingerprint density at radius 2 is 1.77 bits per heavy atom. The predicted molar refractivity (Wildman–Crippen MR) is 81.9 cm³/mol. The summed E-state index contributed by atoms with van der Waals surface area (Å²) in [4.78, 5) is 11.9. The van der Waals surface area contributed by atoms with Crippen LogP contribution in [0.1, 0.15) is 44.1 Å². The Bertz CT molecular complexity index is 630. The van der Waals surface area contributed by atoms with Crippen LogP contribution in [0.25, 0.3) is 0 Å². The highest BCUT2D eigenvalue weighted by molar-refractivity contribution is 6.32. The fourth-order valence-corrected chi connectivity index (χ4v) is 3.92. The summed E-state index contributed by atoms with van der Waals surface area (Å²) >= 11 is 6.38. The van der Waals surface area contributed by atoms with Crippen LogP contribution in [0, 0.1) is 5.41 Å². The molecule has 1 heterocycles. The molecule has 0 unspecified atom stereocenters. The van der Waals surface area contributed by atoms with Gasteiger partial charge < -0.3 is 14.6 Å². The zero-order chi connectivity index (χ0) is 15.4. The number of rotatable bonds is 2. The van der Waals surface area contributed by atoms with Gasteiger partial charge in [-0.15, -0.1) is 0 Å². The second-order valence-electron chi connectivity index (χ2n) is 6.96. The number of carboxylic acid groups (broad SMARTS) is 1. The molecule has 1 aromatic rings. The van der Waals surface area contributed by atoms with Crippen LogP contribution in [0.5, 0.6) is 11.5 Å². The quantitative estimate of drug-likeness (QED) is 0.900. The van der Waals surface area contributed by atoms with Gasteiger partial charge in [-0.1, -0.05) is 24.4 Å². The topological polar surface area (TPSA) is 55.8 Å². The van der Waals surface area contributed by atoms with E-state index in [9.17, 15) is 9.90 Å². The number of hydrogen-bond donors (Lipinski definition) is 1. The van der Waals surface area contributed by atoms with Crippen molar-refractivity contribution in [3.63, 3.8) is 0 Å². The minimum absolute atomic E-state index is 0.139. The van der Waals surface area contributed by atoms with Crippen molar-refractivity contribution in [2.24, 2.45) is 5.41 Å². The van der Waals surface area contributed by atoms with Gasteiger partial charge in [0.1, 0.15) is 0 Å². The summed E-state index contributed by atoms with van der Waals surface area (Å²) in [6, 6.07) is 3.59. The monoisotopic (exact) mass is 322 g/mol. The van der Waals surface area contributed by atoms with Crippen molar-refractivity contribution in [1.82, 2.24) is 0 Å².